The number of benzene rings is 2. The number of methoxy groups -OCH3 is 1. The minimum atomic E-state index is -1.30. The average molecular weight is 522 g/mol. The SMILES string of the molecule is COc1ccc2ncc(Cl)c(C(F)CCC3(CO)CCN(CCNc4cc(F)cc(F)c4)CC3)c2c1. The predicted molar refractivity (Wildman–Crippen MR) is 136 cm³/mol. The fourth-order valence-corrected chi connectivity index (χ4v) is 5.21. The van der Waals surface area contributed by atoms with E-state index in [1.54, 1.807) is 25.3 Å². The van der Waals surface area contributed by atoms with Gasteiger partial charge in [-0.25, -0.2) is 13.2 Å². The second kappa shape index (κ2) is 11.7. The summed E-state index contributed by atoms with van der Waals surface area (Å²) in [7, 11) is 1.56. The van der Waals surface area contributed by atoms with Crippen LogP contribution >= 0.6 is 11.6 Å². The zero-order valence-electron chi connectivity index (χ0n) is 20.2. The summed E-state index contributed by atoms with van der Waals surface area (Å²) in [5, 5.41) is 14.2. The smallest absolute Gasteiger partial charge is 0.128 e. The number of aliphatic hydroxyl groups is 1. The third-order valence-corrected chi connectivity index (χ3v) is 7.48. The predicted octanol–water partition coefficient (Wildman–Crippen LogP) is 6.15. The van der Waals surface area contributed by atoms with Gasteiger partial charge in [0.05, 0.1) is 17.6 Å². The van der Waals surface area contributed by atoms with E-state index in [2.05, 4.69) is 15.2 Å². The van der Waals surface area contributed by atoms with E-state index < -0.39 is 17.8 Å². The summed E-state index contributed by atoms with van der Waals surface area (Å²) < 4.78 is 47.6. The lowest BCUT2D eigenvalue weighted by Gasteiger charge is -2.41. The second-order valence-electron chi connectivity index (χ2n) is 9.49. The molecule has 0 saturated carbocycles. The van der Waals surface area contributed by atoms with Crippen molar-refractivity contribution in [3.05, 3.63) is 64.8 Å². The summed E-state index contributed by atoms with van der Waals surface area (Å²) in [6, 6.07) is 8.68. The maximum atomic E-state index is 15.6. The van der Waals surface area contributed by atoms with E-state index in [9.17, 15) is 13.9 Å². The fourth-order valence-electron chi connectivity index (χ4n) is 4.94. The van der Waals surface area contributed by atoms with Crippen LogP contribution < -0.4 is 10.1 Å². The van der Waals surface area contributed by atoms with Crippen LogP contribution in [0.3, 0.4) is 0 Å². The van der Waals surface area contributed by atoms with Gasteiger partial charge >= 0.3 is 0 Å². The molecule has 0 bridgehead atoms. The van der Waals surface area contributed by atoms with Gasteiger partial charge in [0.1, 0.15) is 23.6 Å². The molecule has 36 heavy (non-hydrogen) atoms. The summed E-state index contributed by atoms with van der Waals surface area (Å²) in [6.45, 7) is 2.75. The second-order valence-corrected chi connectivity index (χ2v) is 9.90. The number of nitrogens with zero attached hydrogens (tertiary/aromatic N) is 2. The number of nitrogens with one attached hydrogen (secondary N) is 1. The molecular formula is C27H31ClF3N3O2. The van der Waals surface area contributed by atoms with Crippen molar-refractivity contribution in [2.24, 2.45) is 5.41 Å². The quantitative estimate of drug-likeness (QED) is 0.335. The zero-order valence-corrected chi connectivity index (χ0v) is 21.0. The number of hydrogen-bond acceptors (Lipinski definition) is 5. The van der Waals surface area contributed by atoms with Crippen LogP contribution in [0.15, 0.2) is 42.6 Å². The van der Waals surface area contributed by atoms with Gasteiger partial charge in [0.15, 0.2) is 0 Å². The Bertz CT molecular complexity index is 1170. The molecule has 1 aliphatic heterocycles. The molecule has 1 unspecified atom stereocenters. The Morgan fingerprint density at radius 3 is 2.56 bits per heavy atom. The van der Waals surface area contributed by atoms with Crippen molar-refractivity contribution in [1.82, 2.24) is 9.88 Å². The molecule has 2 heterocycles. The molecule has 5 nitrogen and oxygen atoms in total. The highest BCUT2D eigenvalue weighted by Crippen LogP contribution is 2.41. The van der Waals surface area contributed by atoms with Crippen molar-refractivity contribution in [3.8, 4) is 5.75 Å². The average Bonchev–Trinajstić information content (AvgIpc) is 2.87. The van der Waals surface area contributed by atoms with Crippen LogP contribution in [0.25, 0.3) is 10.9 Å². The Labute approximate surface area is 214 Å². The van der Waals surface area contributed by atoms with E-state index in [0.717, 1.165) is 32.0 Å². The van der Waals surface area contributed by atoms with Gasteiger partial charge < -0.3 is 20.1 Å². The number of hydrogen-bond donors (Lipinski definition) is 2. The Balaban J connectivity index is 1.33. The first kappa shape index (κ1) is 26.5. The number of fused-ring (bicyclic) bond motifs is 1. The minimum absolute atomic E-state index is 0.00692. The molecule has 1 saturated heterocycles. The van der Waals surface area contributed by atoms with Crippen LogP contribution in [-0.4, -0.2) is 54.9 Å². The third-order valence-electron chi connectivity index (χ3n) is 7.18. The Morgan fingerprint density at radius 1 is 1.17 bits per heavy atom. The first-order valence-corrected chi connectivity index (χ1v) is 12.5. The van der Waals surface area contributed by atoms with E-state index >= 15 is 4.39 Å². The van der Waals surface area contributed by atoms with Gasteiger partial charge in [-0.3, -0.25) is 4.98 Å². The number of rotatable bonds is 10. The van der Waals surface area contributed by atoms with E-state index in [1.807, 2.05) is 0 Å². The van der Waals surface area contributed by atoms with Crippen molar-refractivity contribution in [2.45, 2.75) is 31.9 Å². The number of aliphatic hydroxyl groups excluding tert-OH is 1. The number of halogens is 4. The van der Waals surface area contributed by atoms with Crippen molar-refractivity contribution in [2.75, 3.05) is 45.2 Å². The highest BCUT2D eigenvalue weighted by atomic mass is 35.5. The van der Waals surface area contributed by atoms with Crippen LogP contribution in [0.5, 0.6) is 5.75 Å². The van der Waals surface area contributed by atoms with Crippen LogP contribution in [0, 0.1) is 17.0 Å². The van der Waals surface area contributed by atoms with Crippen LogP contribution in [0.1, 0.15) is 37.4 Å². The molecule has 2 aromatic carbocycles. The van der Waals surface area contributed by atoms with Crippen molar-refractivity contribution < 1.29 is 23.0 Å². The Morgan fingerprint density at radius 2 is 1.89 bits per heavy atom. The minimum Gasteiger partial charge on any atom is -0.497 e. The molecule has 0 spiro atoms. The van der Waals surface area contributed by atoms with E-state index in [1.165, 1.54) is 18.3 Å². The lowest BCUT2D eigenvalue weighted by molar-refractivity contribution is 0.0315. The number of ether oxygens (including phenoxy) is 1. The first-order valence-electron chi connectivity index (χ1n) is 12.1. The molecule has 2 N–H and O–H groups in total. The fraction of sp³-hybridized carbons (Fsp3) is 0.444. The number of aromatic nitrogens is 1. The monoisotopic (exact) mass is 521 g/mol. The number of piperidine rings is 1. The third kappa shape index (κ3) is 6.22. The molecule has 194 valence electrons. The first-order chi connectivity index (χ1) is 17.3. The van der Waals surface area contributed by atoms with E-state index in [-0.39, 0.29) is 23.5 Å². The lowest BCUT2D eigenvalue weighted by atomic mass is 9.74. The molecule has 0 aliphatic carbocycles. The largest absolute Gasteiger partial charge is 0.497 e. The highest BCUT2D eigenvalue weighted by Gasteiger charge is 2.35. The number of pyridine rings is 1. The van der Waals surface area contributed by atoms with E-state index in [4.69, 9.17) is 16.3 Å². The summed E-state index contributed by atoms with van der Waals surface area (Å²) in [5.74, 6) is -0.625. The lowest BCUT2D eigenvalue weighted by Crippen LogP contribution is -2.43. The van der Waals surface area contributed by atoms with Crippen LogP contribution in [0.4, 0.5) is 18.9 Å². The van der Waals surface area contributed by atoms with Crippen molar-refractivity contribution in [1.29, 1.82) is 0 Å². The number of likely N-dealkylation sites (tertiary alicyclic amines) is 1. The van der Waals surface area contributed by atoms with Gasteiger partial charge in [-0.05, 0) is 74.5 Å². The molecule has 4 rings (SSSR count). The van der Waals surface area contributed by atoms with Crippen molar-refractivity contribution >= 4 is 28.2 Å². The van der Waals surface area contributed by atoms with Crippen molar-refractivity contribution in [3.63, 3.8) is 0 Å². The number of anilines is 1. The molecule has 1 aliphatic rings. The zero-order chi connectivity index (χ0) is 25.7. The Kier molecular flexibility index (Phi) is 8.59. The van der Waals surface area contributed by atoms with Crippen LogP contribution in [-0.2, 0) is 0 Å². The van der Waals surface area contributed by atoms with Gasteiger partial charge in [-0.15, -0.1) is 0 Å². The summed E-state index contributed by atoms with van der Waals surface area (Å²) in [6.07, 6.45) is 2.43. The molecular weight excluding hydrogens is 491 g/mol. The highest BCUT2D eigenvalue weighted by molar-refractivity contribution is 6.32. The van der Waals surface area contributed by atoms with Gasteiger partial charge in [0, 0.05) is 48.6 Å². The molecule has 9 heteroatoms. The molecule has 0 radical (unpaired) electrons. The maximum absolute atomic E-state index is 15.6. The molecule has 3 aromatic rings. The summed E-state index contributed by atoms with van der Waals surface area (Å²) in [5.41, 5.74) is 1.11. The van der Waals surface area contributed by atoms with E-state index in [0.29, 0.717) is 47.4 Å². The normalized spacial score (nSPS) is 16.7. The topological polar surface area (TPSA) is 57.6 Å². The maximum Gasteiger partial charge on any atom is 0.128 e. The Hall–Kier alpha value is -2.55. The van der Waals surface area contributed by atoms with Gasteiger partial charge in [-0.2, -0.15) is 0 Å². The standard InChI is InChI=1S/C27H31ClF3N3O2/c1-36-21-2-3-25-22(15-21)26(23(28)16-33-25)24(31)4-5-27(17-35)6-9-34(10-7-27)11-8-32-20-13-18(29)12-19(30)14-20/h2-3,12-16,24,32,35H,4-11,17H2,1H3. The summed E-state index contributed by atoms with van der Waals surface area (Å²) >= 11 is 6.37. The molecule has 1 aromatic heterocycles. The van der Waals surface area contributed by atoms with Gasteiger partial charge in [0.25, 0.3) is 0 Å². The van der Waals surface area contributed by atoms with Crippen LogP contribution in [0.2, 0.25) is 5.02 Å². The molecule has 1 fully saturated rings. The molecule has 1 atom stereocenters. The van der Waals surface area contributed by atoms with Gasteiger partial charge in [-0.1, -0.05) is 11.6 Å². The van der Waals surface area contributed by atoms with Gasteiger partial charge in [0.2, 0.25) is 0 Å². The molecule has 0 amide bonds. The number of alkyl halides is 1. The summed E-state index contributed by atoms with van der Waals surface area (Å²) in [4.78, 5) is 6.54.